The summed E-state index contributed by atoms with van der Waals surface area (Å²) in [4.78, 5) is 12.4. The van der Waals surface area contributed by atoms with Crippen molar-refractivity contribution in [3.63, 3.8) is 0 Å². The van der Waals surface area contributed by atoms with Crippen molar-refractivity contribution in [2.45, 2.75) is 11.5 Å². The van der Waals surface area contributed by atoms with Gasteiger partial charge in [0.05, 0.1) is 17.8 Å². The third-order valence-electron chi connectivity index (χ3n) is 4.57. The molecule has 0 spiro atoms. The van der Waals surface area contributed by atoms with E-state index in [2.05, 4.69) is 57.3 Å². The van der Waals surface area contributed by atoms with Crippen LogP contribution in [0.4, 0.5) is 0 Å². The summed E-state index contributed by atoms with van der Waals surface area (Å²) in [5.74, 6) is 2.71. The molecule has 0 unspecified atom stereocenters. The second kappa shape index (κ2) is 12.9. The Hall–Kier alpha value is -3.03. The fourth-order valence-electron chi connectivity index (χ4n) is 2.94. The topological polar surface area (TPSA) is 59.9 Å². The molecule has 3 rings (SSSR count). The molecular weight excluding hydrogens is 500 g/mol. The van der Waals surface area contributed by atoms with Gasteiger partial charge in [-0.3, -0.25) is 4.79 Å². The molecule has 0 heterocycles. The molecule has 3 aromatic rings. The highest BCUT2D eigenvalue weighted by Crippen LogP contribution is 2.36. The summed E-state index contributed by atoms with van der Waals surface area (Å²) in [7, 11) is 1.56. The van der Waals surface area contributed by atoms with Crippen LogP contribution in [-0.2, 0) is 11.5 Å². The van der Waals surface area contributed by atoms with Gasteiger partial charge >= 0.3 is 0 Å². The number of amides is 1. The van der Waals surface area contributed by atoms with E-state index in [0.717, 1.165) is 21.5 Å². The molecule has 0 radical (unpaired) electrons. The first kappa shape index (κ1) is 24.6. The summed E-state index contributed by atoms with van der Waals surface area (Å²) < 4.78 is 11.7. The maximum Gasteiger partial charge on any atom is 0.271 e. The van der Waals surface area contributed by atoms with Crippen LogP contribution in [0.15, 0.2) is 89.0 Å². The Morgan fingerprint density at radius 1 is 1.09 bits per heavy atom. The number of rotatable bonds is 11. The van der Waals surface area contributed by atoms with Gasteiger partial charge in [-0.1, -0.05) is 55.1 Å². The van der Waals surface area contributed by atoms with Crippen molar-refractivity contribution < 1.29 is 14.3 Å². The summed E-state index contributed by atoms with van der Waals surface area (Å²) in [5, 5.41) is 4.07. The summed E-state index contributed by atoms with van der Waals surface area (Å²) >= 11 is 5.32. The Bertz CT molecular complexity index is 1100. The van der Waals surface area contributed by atoms with E-state index in [9.17, 15) is 4.79 Å². The van der Waals surface area contributed by atoms with Gasteiger partial charge in [0.1, 0.15) is 6.61 Å². The fourth-order valence-corrected chi connectivity index (χ4v) is 4.47. The van der Waals surface area contributed by atoms with Gasteiger partial charge in [0, 0.05) is 17.1 Å². The van der Waals surface area contributed by atoms with Gasteiger partial charge in [0.15, 0.2) is 11.5 Å². The van der Waals surface area contributed by atoms with Gasteiger partial charge in [-0.15, -0.1) is 0 Å². The first-order valence-corrected chi connectivity index (χ1v) is 12.2. The minimum atomic E-state index is -0.272. The van der Waals surface area contributed by atoms with Gasteiger partial charge in [-0.25, -0.2) is 5.43 Å². The van der Waals surface area contributed by atoms with E-state index < -0.39 is 0 Å². The van der Waals surface area contributed by atoms with Crippen LogP contribution >= 0.6 is 27.7 Å². The van der Waals surface area contributed by atoms with E-state index in [4.69, 9.17) is 9.47 Å². The van der Waals surface area contributed by atoms with Crippen LogP contribution in [0.2, 0.25) is 0 Å². The number of carbonyl (C=O) groups is 1. The fraction of sp³-hybridized carbons (Fsp3) is 0.154. The van der Waals surface area contributed by atoms with Gasteiger partial charge in [-0.2, -0.15) is 16.9 Å². The van der Waals surface area contributed by atoms with E-state index in [-0.39, 0.29) is 5.91 Å². The molecule has 0 aromatic heterocycles. The van der Waals surface area contributed by atoms with E-state index in [1.807, 2.05) is 48.2 Å². The van der Waals surface area contributed by atoms with Crippen molar-refractivity contribution in [1.29, 1.82) is 0 Å². The van der Waals surface area contributed by atoms with Gasteiger partial charge in [-0.05, 0) is 56.9 Å². The second-order valence-corrected chi connectivity index (χ2v) is 8.85. The number of benzene rings is 3. The molecule has 1 N–H and O–H groups in total. The number of hydrogen-bond acceptors (Lipinski definition) is 5. The summed E-state index contributed by atoms with van der Waals surface area (Å²) in [6.45, 7) is 4.01. The molecule has 33 heavy (non-hydrogen) atoms. The standard InChI is InChI=1S/C26H25BrN2O3S/c1-3-13-32-25-23(27)14-21(15-24(25)31-2)16-28-29-26(30)22-11-9-20(10-12-22)18-33-17-19-7-5-4-6-8-19/h3-12,14-16H,1,13,17-18H2,2H3,(H,29,30)/b28-16-. The molecule has 0 saturated heterocycles. The van der Waals surface area contributed by atoms with Crippen molar-refractivity contribution in [3.05, 3.63) is 106 Å². The number of nitrogens with zero attached hydrogens (tertiary/aromatic N) is 1. The van der Waals surface area contributed by atoms with Crippen LogP contribution in [0.5, 0.6) is 11.5 Å². The Morgan fingerprint density at radius 3 is 2.45 bits per heavy atom. The lowest BCUT2D eigenvalue weighted by atomic mass is 10.1. The van der Waals surface area contributed by atoms with Crippen LogP contribution in [-0.4, -0.2) is 25.8 Å². The number of halogens is 1. The number of nitrogens with one attached hydrogen (secondary N) is 1. The van der Waals surface area contributed by atoms with Gasteiger partial charge < -0.3 is 9.47 Å². The Labute approximate surface area is 207 Å². The Morgan fingerprint density at radius 2 is 1.79 bits per heavy atom. The number of hydrogen-bond donors (Lipinski definition) is 1. The van der Waals surface area contributed by atoms with Crippen LogP contribution in [0.25, 0.3) is 0 Å². The summed E-state index contributed by atoms with van der Waals surface area (Å²) in [6.07, 6.45) is 3.21. The molecule has 3 aromatic carbocycles. The minimum absolute atomic E-state index is 0.272. The molecule has 0 aliphatic rings. The van der Waals surface area contributed by atoms with Crippen LogP contribution in [0.3, 0.4) is 0 Å². The van der Waals surface area contributed by atoms with Gasteiger partial charge in [0.2, 0.25) is 0 Å². The first-order valence-electron chi connectivity index (χ1n) is 10.3. The van der Waals surface area contributed by atoms with E-state index >= 15 is 0 Å². The third-order valence-corrected chi connectivity index (χ3v) is 6.24. The summed E-state index contributed by atoms with van der Waals surface area (Å²) in [5.41, 5.74) is 6.34. The Balaban J connectivity index is 1.53. The molecule has 0 aliphatic carbocycles. The number of methoxy groups -OCH3 is 1. The SMILES string of the molecule is C=CCOc1c(Br)cc(/C=N\NC(=O)c2ccc(CSCc3ccccc3)cc2)cc1OC. The molecule has 0 atom stereocenters. The van der Waals surface area contributed by atoms with Crippen LogP contribution in [0, 0.1) is 0 Å². The minimum Gasteiger partial charge on any atom is -0.493 e. The molecular formula is C26H25BrN2O3S. The number of carbonyl (C=O) groups excluding carboxylic acids is 1. The highest BCUT2D eigenvalue weighted by Gasteiger charge is 2.11. The average Bonchev–Trinajstić information content (AvgIpc) is 2.84. The van der Waals surface area contributed by atoms with E-state index in [1.54, 1.807) is 25.5 Å². The van der Waals surface area contributed by atoms with Crippen molar-refractivity contribution in [2.24, 2.45) is 5.10 Å². The molecule has 5 nitrogen and oxygen atoms in total. The zero-order valence-electron chi connectivity index (χ0n) is 18.3. The lowest BCUT2D eigenvalue weighted by Crippen LogP contribution is -2.17. The molecule has 170 valence electrons. The normalized spacial score (nSPS) is 10.7. The molecule has 0 fully saturated rings. The molecule has 0 aliphatic heterocycles. The third kappa shape index (κ3) is 7.51. The second-order valence-electron chi connectivity index (χ2n) is 7.01. The van der Waals surface area contributed by atoms with Crippen molar-refractivity contribution in [2.75, 3.05) is 13.7 Å². The number of ether oxygens (including phenoxy) is 2. The zero-order chi connectivity index (χ0) is 23.5. The predicted octanol–water partition coefficient (Wildman–Crippen LogP) is 6.22. The number of thioether (sulfide) groups is 1. The van der Waals surface area contributed by atoms with Crippen molar-refractivity contribution in [3.8, 4) is 11.5 Å². The maximum atomic E-state index is 12.4. The monoisotopic (exact) mass is 524 g/mol. The average molecular weight is 525 g/mol. The highest BCUT2D eigenvalue weighted by molar-refractivity contribution is 9.10. The van der Waals surface area contributed by atoms with Gasteiger partial charge in [0.25, 0.3) is 5.91 Å². The molecule has 0 saturated carbocycles. The largest absolute Gasteiger partial charge is 0.493 e. The number of hydrazone groups is 1. The molecule has 7 heteroatoms. The molecule has 0 bridgehead atoms. The maximum absolute atomic E-state index is 12.4. The van der Waals surface area contributed by atoms with Crippen LogP contribution in [0.1, 0.15) is 27.0 Å². The smallest absolute Gasteiger partial charge is 0.271 e. The first-order chi connectivity index (χ1) is 16.1. The Kier molecular flexibility index (Phi) is 9.59. The predicted molar refractivity (Wildman–Crippen MR) is 139 cm³/mol. The van der Waals surface area contributed by atoms with E-state index in [0.29, 0.717) is 23.7 Å². The van der Waals surface area contributed by atoms with Crippen LogP contribution < -0.4 is 14.9 Å². The highest BCUT2D eigenvalue weighted by atomic mass is 79.9. The lowest BCUT2D eigenvalue weighted by molar-refractivity contribution is 0.0955. The lowest BCUT2D eigenvalue weighted by Gasteiger charge is -2.12. The summed E-state index contributed by atoms with van der Waals surface area (Å²) in [6, 6.07) is 21.6. The van der Waals surface area contributed by atoms with Crippen molar-refractivity contribution >= 4 is 39.8 Å². The van der Waals surface area contributed by atoms with Crippen molar-refractivity contribution in [1.82, 2.24) is 5.43 Å². The molecule has 1 amide bonds. The zero-order valence-corrected chi connectivity index (χ0v) is 20.7. The quantitative estimate of drug-likeness (QED) is 0.184. The van der Waals surface area contributed by atoms with E-state index in [1.165, 1.54) is 11.1 Å².